The summed E-state index contributed by atoms with van der Waals surface area (Å²) in [5, 5.41) is 3.53. The van der Waals surface area contributed by atoms with Gasteiger partial charge in [-0.05, 0) is 43.4 Å². The second-order valence-electron chi connectivity index (χ2n) is 6.15. The summed E-state index contributed by atoms with van der Waals surface area (Å²) in [7, 11) is 0. The minimum Gasteiger partial charge on any atom is -0.349 e. The van der Waals surface area contributed by atoms with Crippen LogP contribution in [0.15, 0.2) is 24.3 Å². The highest BCUT2D eigenvalue weighted by Crippen LogP contribution is 2.24. The predicted molar refractivity (Wildman–Crippen MR) is 92.3 cm³/mol. The van der Waals surface area contributed by atoms with E-state index in [1.54, 1.807) is 12.1 Å². The van der Waals surface area contributed by atoms with Crippen LogP contribution in [0.25, 0.3) is 0 Å². The molecule has 2 atom stereocenters. The van der Waals surface area contributed by atoms with E-state index in [0.717, 1.165) is 31.4 Å². The van der Waals surface area contributed by atoms with Gasteiger partial charge in [0.1, 0.15) is 0 Å². The Morgan fingerprint density at radius 2 is 2.00 bits per heavy atom. The summed E-state index contributed by atoms with van der Waals surface area (Å²) in [5.41, 5.74) is 0.906. The number of nitrogens with one attached hydrogen (secondary N) is 1. The molecule has 0 radical (unpaired) electrons. The Morgan fingerprint density at radius 3 is 2.61 bits per heavy atom. The van der Waals surface area contributed by atoms with E-state index in [2.05, 4.69) is 12.2 Å². The van der Waals surface area contributed by atoms with Crippen molar-refractivity contribution < 1.29 is 9.59 Å². The zero-order valence-electron chi connectivity index (χ0n) is 13.8. The smallest absolute Gasteiger partial charge is 0.225 e. The Labute approximate surface area is 143 Å². The largest absolute Gasteiger partial charge is 0.349 e. The number of rotatable bonds is 5. The van der Waals surface area contributed by atoms with Crippen LogP contribution in [-0.4, -0.2) is 29.3 Å². The maximum atomic E-state index is 12.7. The molecule has 0 aliphatic carbocycles. The number of benzene rings is 1. The fourth-order valence-electron chi connectivity index (χ4n) is 3.24. The summed E-state index contributed by atoms with van der Waals surface area (Å²) in [6.45, 7) is 4.43. The maximum Gasteiger partial charge on any atom is 0.225 e. The molecule has 0 spiro atoms. The highest BCUT2D eigenvalue weighted by atomic mass is 35.5. The lowest BCUT2D eigenvalue weighted by Gasteiger charge is -2.36. The Balaban J connectivity index is 2.11. The number of halogens is 1. The first kappa shape index (κ1) is 17.8. The molecule has 2 amide bonds. The molecule has 4 nitrogen and oxygen atoms in total. The molecule has 5 heteroatoms. The molecule has 0 saturated carbocycles. The van der Waals surface area contributed by atoms with Crippen molar-refractivity contribution in [1.82, 2.24) is 10.2 Å². The van der Waals surface area contributed by atoms with E-state index < -0.39 is 0 Å². The van der Waals surface area contributed by atoms with Crippen molar-refractivity contribution in [1.29, 1.82) is 0 Å². The highest BCUT2D eigenvalue weighted by Gasteiger charge is 2.27. The van der Waals surface area contributed by atoms with Gasteiger partial charge in [-0.15, -0.1) is 0 Å². The van der Waals surface area contributed by atoms with E-state index >= 15 is 0 Å². The highest BCUT2D eigenvalue weighted by molar-refractivity contribution is 6.30. The van der Waals surface area contributed by atoms with Crippen molar-refractivity contribution in [2.45, 2.75) is 58.0 Å². The molecule has 126 valence electrons. The fourth-order valence-corrected chi connectivity index (χ4v) is 3.36. The molecule has 0 aromatic heterocycles. The van der Waals surface area contributed by atoms with Gasteiger partial charge in [-0.25, -0.2) is 0 Å². The summed E-state index contributed by atoms with van der Waals surface area (Å²) in [5.74, 6) is -0.0197. The number of hydrogen-bond acceptors (Lipinski definition) is 2. The second-order valence-corrected chi connectivity index (χ2v) is 6.59. The van der Waals surface area contributed by atoms with Crippen LogP contribution >= 0.6 is 11.6 Å². The summed E-state index contributed by atoms with van der Waals surface area (Å²) >= 11 is 5.92. The van der Waals surface area contributed by atoms with E-state index in [1.165, 1.54) is 13.3 Å². The average molecular weight is 337 g/mol. The van der Waals surface area contributed by atoms with Gasteiger partial charge in [0.2, 0.25) is 11.8 Å². The zero-order chi connectivity index (χ0) is 16.8. The monoisotopic (exact) mass is 336 g/mol. The van der Waals surface area contributed by atoms with Crippen molar-refractivity contribution in [3.8, 4) is 0 Å². The quantitative estimate of drug-likeness (QED) is 0.891. The molecule has 23 heavy (non-hydrogen) atoms. The van der Waals surface area contributed by atoms with Crippen LogP contribution in [0.2, 0.25) is 5.02 Å². The topological polar surface area (TPSA) is 49.4 Å². The Hall–Kier alpha value is -1.55. The SMILES string of the molecule is CC[C@H]1CCCCN1C(=O)C[C@H](NC(C)=O)c1ccc(Cl)cc1. The summed E-state index contributed by atoms with van der Waals surface area (Å²) in [4.78, 5) is 26.3. The van der Waals surface area contributed by atoms with Crippen LogP contribution in [0, 0.1) is 0 Å². The number of likely N-dealkylation sites (tertiary alicyclic amines) is 1. The van der Waals surface area contributed by atoms with Crippen LogP contribution in [0.5, 0.6) is 0 Å². The van der Waals surface area contributed by atoms with Gasteiger partial charge in [-0.3, -0.25) is 9.59 Å². The van der Waals surface area contributed by atoms with Gasteiger partial charge in [0.25, 0.3) is 0 Å². The maximum absolute atomic E-state index is 12.7. The molecule has 1 heterocycles. The number of amides is 2. The third kappa shape index (κ3) is 4.96. The van der Waals surface area contributed by atoms with Crippen LogP contribution in [0.1, 0.15) is 57.6 Å². The Kier molecular flexibility index (Phi) is 6.46. The molecular formula is C18H25ClN2O2. The lowest BCUT2D eigenvalue weighted by molar-refractivity contribution is -0.135. The van der Waals surface area contributed by atoms with Gasteiger partial charge in [0.15, 0.2) is 0 Å². The van der Waals surface area contributed by atoms with Crippen LogP contribution < -0.4 is 5.32 Å². The van der Waals surface area contributed by atoms with Gasteiger partial charge < -0.3 is 10.2 Å². The minimum atomic E-state index is -0.309. The Morgan fingerprint density at radius 1 is 1.30 bits per heavy atom. The van der Waals surface area contributed by atoms with E-state index in [4.69, 9.17) is 11.6 Å². The van der Waals surface area contributed by atoms with Crippen molar-refractivity contribution in [2.75, 3.05) is 6.54 Å². The third-order valence-corrected chi connectivity index (χ3v) is 4.70. The molecule has 1 aliphatic rings. The summed E-state index contributed by atoms with van der Waals surface area (Å²) < 4.78 is 0. The van der Waals surface area contributed by atoms with Gasteiger partial charge >= 0.3 is 0 Å². The fraction of sp³-hybridized carbons (Fsp3) is 0.556. The molecule has 1 aromatic rings. The van der Waals surface area contributed by atoms with Gasteiger partial charge in [-0.1, -0.05) is 30.7 Å². The summed E-state index contributed by atoms with van der Waals surface area (Å²) in [6.07, 6.45) is 4.60. The molecule has 1 saturated heterocycles. The average Bonchev–Trinajstić information content (AvgIpc) is 2.54. The molecule has 1 N–H and O–H groups in total. The first-order valence-electron chi connectivity index (χ1n) is 8.33. The van der Waals surface area contributed by atoms with E-state index in [-0.39, 0.29) is 24.3 Å². The zero-order valence-corrected chi connectivity index (χ0v) is 14.6. The lowest BCUT2D eigenvalue weighted by atomic mass is 9.97. The number of nitrogens with zero attached hydrogens (tertiary/aromatic N) is 1. The Bertz CT molecular complexity index is 544. The normalized spacial score (nSPS) is 19.3. The summed E-state index contributed by atoms with van der Waals surface area (Å²) in [6, 6.07) is 7.32. The lowest BCUT2D eigenvalue weighted by Crippen LogP contribution is -2.44. The van der Waals surface area contributed by atoms with Gasteiger partial charge in [0.05, 0.1) is 12.5 Å². The van der Waals surface area contributed by atoms with E-state index in [1.807, 2.05) is 17.0 Å². The first-order valence-corrected chi connectivity index (χ1v) is 8.71. The van der Waals surface area contributed by atoms with Crippen molar-refractivity contribution >= 4 is 23.4 Å². The van der Waals surface area contributed by atoms with E-state index in [0.29, 0.717) is 11.1 Å². The molecule has 1 fully saturated rings. The third-order valence-electron chi connectivity index (χ3n) is 4.45. The standard InChI is InChI=1S/C18H25ClN2O2/c1-3-16-6-4-5-11-21(16)18(23)12-17(20-13(2)22)14-7-9-15(19)10-8-14/h7-10,16-17H,3-6,11-12H2,1-2H3,(H,20,22)/t16-,17-/m0/s1. The van der Waals surface area contributed by atoms with Crippen LogP contribution in [-0.2, 0) is 9.59 Å². The number of carbonyl (C=O) groups is 2. The van der Waals surface area contributed by atoms with E-state index in [9.17, 15) is 9.59 Å². The van der Waals surface area contributed by atoms with Crippen molar-refractivity contribution in [3.63, 3.8) is 0 Å². The molecule has 2 rings (SSSR count). The van der Waals surface area contributed by atoms with Gasteiger partial charge in [-0.2, -0.15) is 0 Å². The molecule has 0 unspecified atom stereocenters. The van der Waals surface area contributed by atoms with Crippen LogP contribution in [0.4, 0.5) is 0 Å². The number of carbonyl (C=O) groups excluding carboxylic acids is 2. The van der Waals surface area contributed by atoms with Crippen LogP contribution in [0.3, 0.4) is 0 Å². The number of hydrogen-bond donors (Lipinski definition) is 1. The van der Waals surface area contributed by atoms with Gasteiger partial charge in [0, 0.05) is 24.5 Å². The molecular weight excluding hydrogens is 312 g/mol. The first-order chi connectivity index (χ1) is 11.0. The molecule has 1 aliphatic heterocycles. The minimum absolute atomic E-state index is 0.116. The van der Waals surface area contributed by atoms with Crippen molar-refractivity contribution in [3.05, 3.63) is 34.9 Å². The number of piperidine rings is 1. The predicted octanol–water partition coefficient (Wildman–Crippen LogP) is 3.70. The molecule has 1 aromatic carbocycles. The molecule has 0 bridgehead atoms. The van der Waals surface area contributed by atoms with Crippen molar-refractivity contribution in [2.24, 2.45) is 0 Å². The second kappa shape index (κ2) is 8.34.